The Kier molecular flexibility index (Phi) is 4.96. The minimum Gasteiger partial charge on any atom is -0.389 e. The second-order valence-electron chi connectivity index (χ2n) is 5.73. The summed E-state index contributed by atoms with van der Waals surface area (Å²) >= 11 is 1.25. The van der Waals surface area contributed by atoms with Crippen molar-refractivity contribution in [3.8, 4) is 6.07 Å². The summed E-state index contributed by atoms with van der Waals surface area (Å²) < 4.78 is 0. The first-order valence-electron chi connectivity index (χ1n) is 6.94. The van der Waals surface area contributed by atoms with Crippen LogP contribution in [-0.2, 0) is 6.54 Å². The highest BCUT2D eigenvalue weighted by Crippen LogP contribution is 2.21. The normalized spacial score (nSPS) is 11.0. The zero-order valence-electron chi connectivity index (χ0n) is 12.6. The van der Waals surface area contributed by atoms with Crippen LogP contribution in [0.25, 0.3) is 0 Å². The molecule has 22 heavy (non-hydrogen) atoms. The van der Waals surface area contributed by atoms with E-state index in [1.807, 2.05) is 36.4 Å². The van der Waals surface area contributed by atoms with Gasteiger partial charge in [0, 0.05) is 13.1 Å². The Labute approximate surface area is 134 Å². The number of hydrogen-bond donors (Lipinski definition) is 1. The molecule has 0 radical (unpaired) electrons. The highest BCUT2D eigenvalue weighted by atomic mass is 32.1. The molecule has 1 heterocycles. The Balaban J connectivity index is 2.28. The standard InChI is InChI=1S/C17H18N2O2S/c1-17(2,21)12-19(11-13-6-4-3-5-7-13)16(20)15-14(10-18)8-9-22-15/h3-9,21H,11-12H2,1-2H3. The summed E-state index contributed by atoms with van der Waals surface area (Å²) in [5.74, 6) is -0.225. The van der Waals surface area contributed by atoms with Gasteiger partial charge in [-0.3, -0.25) is 4.79 Å². The summed E-state index contributed by atoms with van der Waals surface area (Å²) in [6, 6.07) is 13.3. The van der Waals surface area contributed by atoms with Gasteiger partial charge >= 0.3 is 0 Å². The Hall–Kier alpha value is -2.16. The molecule has 2 aromatic rings. The Morgan fingerprint density at radius 3 is 2.59 bits per heavy atom. The summed E-state index contributed by atoms with van der Waals surface area (Å²) in [5.41, 5.74) is 0.355. The second-order valence-corrected chi connectivity index (χ2v) is 6.65. The zero-order valence-corrected chi connectivity index (χ0v) is 13.4. The molecule has 5 heteroatoms. The molecule has 0 unspecified atom stereocenters. The van der Waals surface area contributed by atoms with Crippen LogP contribution < -0.4 is 0 Å². The van der Waals surface area contributed by atoms with Crippen molar-refractivity contribution in [3.05, 3.63) is 57.8 Å². The fraction of sp³-hybridized carbons (Fsp3) is 0.294. The highest BCUT2D eigenvalue weighted by molar-refractivity contribution is 7.12. The maximum Gasteiger partial charge on any atom is 0.265 e. The first-order valence-corrected chi connectivity index (χ1v) is 7.82. The van der Waals surface area contributed by atoms with E-state index in [0.717, 1.165) is 5.56 Å². The molecule has 2 rings (SSSR count). The second kappa shape index (κ2) is 6.73. The zero-order chi connectivity index (χ0) is 16.2. The smallest absolute Gasteiger partial charge is 0.265 e. The van der Waals surface area contributed by atoms with Crippen molar-refractivity contribution in [1.29, 1.82) is 5.26 Å². The Bertz CT molecular complexity index is 681. The number of nitrogens with zero attached hydrogens (tertiary/aromatic N) is 2. The van der Waals surface area contributed by atoms with Crippen LogP contribution in [-0.4, -0.2) is 28.1 Å². The molecular formula is C17H18N2O2S. The van der Waals surface area contributed by atoms with Gasteiger partial charge in [-0.05, 0) is 30.9 Å². The number of carbonyl (C=O) groups excluding carboxylic acids is 1. The number of carbonyl (C=O) groups is 1. The van der Waals surface area contributed by atoms with Crippen LogP contribution in [0.15, 0.2) is 41.8 Å². The van der Waals surface area contributed by atoms with Gasteiger partial charge in [-0.15, -0.1) is 11.3 Å². The number of nitriles is 1. The molecule has 0 spiro atoms. The van der Waals surface area contributed by atoms with E-state index in [4.69, 9.17) is 5.26 Å². The van der Waals surface area contributed by atoms with Crippen LogP contribution in [0.4, 0.5) is 0 Å². The van der Waals surface area contributed by atoms with E-state index >= 15 is 0 Å². The van der Waals surface area contributed by atoms with Crippen LogP contribution in [0.1, 0.15) is 34.6 Å². The summed E-state index contributed by atoms with van der Waals surface area (Å²) in [6.07, 6.45) is 0. The SMILES string of the molecule is CC(C)(O)CN(Cc1ccccc1)C(=O)c1sccc1C#N. The first kappa shape index (κ1) is 16.2. The molecule has 0 aliphatic rings. The molecule has 0 bridgehead atoms. The van der Waals surface area contributed by atoms with Crippen molar-refractivity contribution in [3.63, 3.8) is 0 Å². The third-order valence-electron chi connectivity index (χ3n) is 3.06. The van der Waals surface area contributed by atoms with Gasteiger partial charge in [-0.1, -0.05) is 30.3 Å². The predicted molar refractivity (Wildman–Crippen MR) is 86.5 cm³/mol. The maximum absolute atomic E-state index is 12.7. The summed E-state index contributed by atoms with van der Waals surface area (Å²) in [5, 5.41) is 20.9. The van der Waals surface area contributed by atoms with Crippen LogP contribution in [0, 0.1) is 11.3 Å². The minimum atomic E-state index is -1.01. The molecule has 1 N–H and O–H groups in total. The van der Waals surface area contributed by atoms with Crippen molar-refractivity contribution in [2.24, 2.45) is 0 Å². The number of aliphatic hydroxyl groups is 1. The van der Waals surface area contributed by atoms with E-state index in [1.165, 1.54) is 11.3 Å². The molecule has 0 atom stereocenters. The number of amides is 1. The van der Waals surface area contributed by atoms with E-state index in [2.05, 4.69) is 0 Å². The molecule has 4 nitrogen and oxygen atoms in total. The molecule has 0 saturated heterocycles. The Morgan fingerprint density at radius 1 is 1.32 bits per heavy atom. The maximum atomic E-state index is 12.7. The topological polar surface area (TPSA) is 64.3 Å². The van der Waals surface area contributed by atoms with Crippen LogP contribution in [0.5, 0.6) is 0 Å². The van der Waals surface area contributed by atoms with E-state index in [-0.39, 0.29) is 12.5 Å². The summed E-state index contributed by atoms with van der Waals surface area (Å²) in [6.45, 7) is 3.92. The van der Waals surface area contributed by atoms with Crippen LogP contribution >= 0.6 is 11.3 Å². The third kappa shape index (κ3) is 4.17. The molecule has 0 saturated carbocycles. The van der Waals surface area contributed by atoms with Crippen LogP contribution in [0.3, 0.4) is 0 Å². The fourth-order valence-corrected chi connectivity index (χ4v) is 2.99. The van der Waals surface area contributed by atoms with Gasteiger partial charge in [0.05, 0.1) is 11.2 Å². The Morgan fingerprint density at radius 2 is 2.00 bits per heavy atom. The lowest BCUT2D eigenvalue weighted by Crippen LogP contribution is -2.41. The van der Waals surface area contributed by atoms with Gasteiger partial charge in [0.2, 0.25) is 0 Å². The summed E-state index contributed by atoms with van der Waals surface area (Å²) in [4.78, 5) is 14.7. The van der Waals surface area contributed by atoms with E-state index in [0.29, 0.717) is 17.0 Å². The molecule has 0 fully saturated rings. The van der Waals surface area contributed by atoms with Gasteiger partial charge in [-0.25, -0.2) is 0 Å². The monoisotopic (exact) mass is 314 g/mol. The van der Waals surface area contributed by atoms with Crippen molar-refractivity contribution < 1.29 is 9.90 Å². The number of thiophene rings is 1. The molecule has 0 aliphatic carbocycles. The number of hydrogen-bond acceptors (Lipinski definition) is 4. The fourth-order valence-electron chi connectivity index (χ4n) is 2.18. The lowest BCUT2D eigenvalue weighted by molar-refractivity contribution is 0.0282. The van der Waals surface area contributed by atoms with Crippen molar-refractivity contribution >= 4 is 17.2 Å². The lowest BCUT2D eigenvalue weighted by atomic mass is 10.1. The van der Waals surface area contributed by atoms with E-state index in [9.17, 15) is 9.90 Å². The number of benzene rings is 1. The lowest BCUT2D eigenvalue weighted by Gasteiger charge is -2.29. The molecule has 0 aliphatic heterocycles. The molecule has 1 aromatic carbocycles. The van der Waals surface area contributed by atoms with E-state index in [1.54, 1.807) is 30.2 Å². The largest absolute Gasteiger partial charge is 0.389 e. The van der Waals surface area contributed by atoms with E-state index < -0.39 is 5.60 Å². The average molecular weight is 314 g/mol. The third-order valence-corrected chi connectivity index (χ3v) is 3.96. The molecular weight excluding hydrogens is 296 g/mol. The first-order chi connectivity index (χ1) is 10.4. The minimum absolute atomic E-state index is 0.198. The highest BCUT2D eigenvalue weighted by Gasteiger charge is 2.26. The van der Waals surface area contributed by atoms with Gasteiger partial charge in [-0.2, -0.15) is 5.26 Å². The van der Waals surface area contributed by atoms with Gasteiger partial charge in [0.15, 0.2) is 0 Å². The average Bonchev–Trinajstić information content (AvgIpc) is 2.94. The molecule has 1 amide bonds. The van der Waals surface area contributed by atoms with Gasteiger partial charge in [0.1, 0.15) is 10.9 Å². The van der Waals surface area contributed by atoms with Crippen molar-refractivity contribution in [2.75, 3.05) is 6.54 Å². The summed E-state index contributed by atoms with van der Waals surface area (Å²) in [7, 11) is 0. The van der Waals surface area contributed by atoms with Gasteiger partial charge in [0.25, 0.3) is 5.91 Å². The van der Waals surface area contributed by atoms with Crippen molar-refractivity contribution in [2.45, 2.75) is 26.0 Å². The van der Waals surface area contributed by atoms with Crippen molar-refractivity contribution in [1.82, 2.24) is 4.90 Å². The number of rotatable bonds is 5. The van der Waals surface area contributed by atoms with Gasteiger partial charge < -0.3 is 10.0 Å². The quantitative estimate of drug-likeness (QED) is 0.922. The molecule has 114 valence electrons. The van der Waals surface area contributed by atoms with Crippen LogP contribution in [0.2, 0.25) is 0 Å². The predicted octanol–water partition coefficient (Wildman–Crippen LogP) is 3.03. The molecule has 1 aromatic heterocycles.